The van der Waals surface area contributed by atoms with Gasteiger partial charge in [0.1, 0.15) is 0 Å². The summed E-state index contributed by atoms with van der Waals surface area (Å²) in [6, 6.07) is 7.87. The summed E-state index contributed by atoms with van der Waals surface area (Å²) in [7, 11) is 0. The van der Waals surface area contributed by atoms with Crippen LogP contribution in [0.1, 0.15) is 27.7 Å². The maximum atomic E-state index is 12.2. The summed E-state index contributed by atoms with van der Waals surface area (Å²) < 4.78 is 3.72. The number of nitrogens with one attached hydrogen (secondary N) is 1. The second-order valence-corrected chi connectivity index (χ2v) is 5.82. The molecular weight excluding hydrogens is 318 g/mol. The molecule has 0 saturated carbocycles. The lowest BCUT2D eigenvalue weighted by Crippen LogP contribution is -3.00. The van der Waals surface area contributed by atoms with Crippen molar-refractivity contribution in [3.05, 3.63) is 29.9 Å². The van der Waals surface area contributed by atoms with Crippen molar-refractivity contribution in [3.8, 4) is 0 Å². The summed E-state index contributed by atoms with van der Waals surface area (Å²) in [6.45, 7) is 8.75. The third-order valence-corrected chi connectivity index (χ3v) is 3.43. The third-order valence-electron chi connectivity index (χ3n) is 3.43. The van der Waals surface area contributed by atoms with Crippen molar-refractivity contribution < 1.29 is 21.8 Å². The van der Waals surface area contributed by atoms with Crippen molar-refractivity contribution in [2.75, 3.05) is 0 Å². The van der Waals surface area contributed by atoms with E-state index >= 15 is 0 Å². The first kappa shape index (κ1) is 16.7. The number of carbonyl (C=O) groups is 1. The standard InChI is InChI=1S/C15H21N3O.BrH/c1-5-17-11-8-6-7-9-12(11)18(14(17)16)10-13(19)15(2,3)4;/h6-9,16H,5,10H2,1-4H3;1H/p-1. The molecule has 1 N–H and O–H groups in total. The minimum Gasteiger partial charge on any atom is -1.00 e. The monoisotopic (exact) mass is 338 g/mol. The molecule has 4 nitrogen and oxygen atoms in total. The van der Waals surface area contributed by atoms with Crippen LogP contribution in [0, 0.1) is 10.8 Å². The van der Waals surface area contributed by atoms with E-state index in [1.54, 1.807) is 4.57 Å². The van der Waals surface area contributed by atoms with Gasteiger partial charge in [-0.05, 0) is 19.1 Å². The van der Waals surface area contributed by atoms with Gasteiger partial charge in [0, 0.05) is 12.0 Å². The van der Waals surface area contributed by atoms with E-state index in [1.807, 2.05) is 56.5 Å². The zero-order chi connectivity index (χ0) is 14.2. The number of Topliss-reactive ketones (excluding diaryl/α,β-unsaturated/α-hetero) is 1. The Morgan fingerprint density at radius 3 is 2.10 bits per heavy atom. The van der Waals surface area contributed by atoms with Gasteiger partial charge in [-0.3, -0.25) is 10.2 Å². The van der Waals surface area contributed by atoms with Gasteiger partial charge in [0.2, 0.25) is 5.62 Å². The quantitative estimate of drug-likeness (QED) is 0.810. The summed E-state index contributed by atoms with van der Waals surface area (Å²) in [5.41, 5.74) is 1.97. The highest BCUT2D eigenvalue weighted by molar-refractivity contribution is 5.85. The lowest BCUT2D eigenvalue weighted by molar-refractivity contribution is -0.126. The topological polar surface area (TPSA) is 50.8 Å². The molecule has 1 aromatic heterocycles. The van der Waals surface area contributed by atoms with Crippen LogP contribution >= 0.6 is 0 Å². The molecule has 0 bridgehead atoms. The molecule has 0 fully saturated rings. The molecule has 2 rings (SSSR count). The van der Waals surface area contributed by atoms with Crippen molar-refractivity contribution in [1.82, 2.24) is 9.13 Å². The molecule has 0 aliphatic rings. The van der Waals surface area contributed by atoms with Crippen LogP contribution in [0.3, 0.4) is 0 Å². The first-order chi connectivity index (χ1) is 8.86. The van der Waals surface area contributed by atoms with Gasteiger partial charge in [-0.2, -0.15) is 0 Å². The predicted octanol–water partition coefficient (Wildman–Crippen LogP) is -0.439. The average Bonchev–Trinajstić information content (AvgIpc) is 2.61. The van der Waals surface area contributed by atoms with Crippen LogP contribution < -0.4 is 22.6 Å². The van der Waals surface area contributed by atoms with Gasteiger partial charge in [0.05, 0.1) is 17.6 Å². The number of aryl methyl sites for hydroxylation is 1. The average molecular weight is 339 g/mol. The maximum absolute atomic E-state index is 12.2. The van der Waals surface area contributed by atoms with Crippen LogP contribution in [0.15, 0.2) is 24.3 Å². The molecule has 1 heterocycles. The van der Waals surface area contributed by atoms with Gasteiger partial charge in [-0.15, -0.1) is 0 Å². The number of para-hydroxylation sites is 2. The Morgan fingerprint density at radius 1 is 1.15 bits per heavy atom. The van der Waals surface area contributed by atoms with E-state index in [1.165, 1.54) is 0 Å². The Labute approximate surface area is 129 Å². The first-order valence-electron chi connectivity index (χ1n) is 6.62. The first-order valence-corrected chi connectivity index (χ1v) is 6.62. The van der Waals surface area contributed by atoms with Gasteiger partial charge in [-0.1, -0.05) is 32.9 Å². The number of fused-ring (bicyclic) bond motifs is 1. The number of carbonyl (C=O) groups excluding carboxylic acids is 1. The molecule has 20 heavy (non-hydrogen) atoms. The number of benzene rings is 1. The molecule has 0 saturated heterocycles. The highest BCUT2D eigenvalue weighted by Crippen LogP contribution is 2.18. The van der Waals surface area contributed by atoms with Gasteiger partial charge < -0.3 is 26.1 Å². The number of ketones is 1. The minimum absolute atomic E-state index is 0. The van der Waals surface area contributed by atoms with Gasteiger partial charge in [0.15, 0.2) is 5.78 Å². The number of halogens is 1. The summed E-state index contributed by atoms with van der Waals surface area (Å²) in [6.07, 6.45) is 0. The molecule has 0 atom stereocenters. The fourth-order valence-electron chi connectivity index (χ4n) is 2.16. The SMILES string of the molecule is CCn1c(=N)n(CC(=O)C(C)(C)C)c2ccccc21.[Br-]. The lowest BCUT2D eigenvalue weighted by Gasteiger charge is -2.17. The lowest BCUT2D eigenvalue weighted by atomic mass is 9.91. The Balaban J connectivity index is 0.00000200. The van der Waals surface area contributed by atoms with E-state index in [9.17, 15) is 4.79 Å². The van der Waals surface area contributed by atoms with E-state index in [0.29, 0.717) is 5.62 Å². The van der Waals surface area contributed by atoms with Crippen molar-refractivity contribution in [2.24, 2.45) is 5.41 Å². The van der Waals surface area contributed by atoms with E-state index in [0.717, 1.165) is 17.6 Å². The van der Waals surface area contributed by atoms with Gasteiger partial charge in [0.25, 0.3) is 0 Å². The molecule has 2 aromatic rings. The molecule has 0 unspecified atom stereocenters. The summed E-state index contributed by atoms with van der Waals surface area (Å²) in [5.74, 6) is 0.144. The molecule has 5 heteroatoms. The molecular formula is C15H21BrN3O-. The maximum Gasteiger partial charge on any atom is 0.203 e. The van der Waals surface area contributed by atoms with Crippen LogP contribution in [0.25, 0.3) is 11.0 Å². The highest BCUT2D eigenvalue weighted by atomic mass is 79.9. The number of hydrogen-bond acceptors (Lipinski definition) is 2. The third kappa shape index (κ3) is 2.87. The Bertz CT molecular complexity index is 676. The Morgan fingerprint density at radius 2 is 1.65 bits per heavy atom. The highest BCUT2D eigenvalue weighted by Gasteiger charge is 2.23. The fourth-order valence-corrected chi connectivity index (χ4v) is 2.16. The molecule has 0 spiro atoms. The Hall–Kier alpha value is -1.36. The number of hydrogen-bond donors (Lipinski definition) is 1. The largest absolute Gasteiger partial charge is 1.00 e. The summed E-state index contributed by atoms with van der Waals surface area (Å²) in [4.78, 5) is 12.2. The number of aromatic nitrogens is 2. The van der Waals surface area contributed by atoms with Crippen LogP contribution in [-0.4, -0.2) is 14.9 Å². The predicted molar refractivity (Wildman–Crippen MR) is 75.9 cm³/mol. The van der Waals surface area contributed by atoms with Gasteiger partial charge >= 0.3 is 0 Å². The second-order valence-electron chi connectivity index (χ2n) is 5.82. The minimum atomic E-state index is -0.380. The van der Waals surface area contributed by atoms with Crippen molar-refractivity contribution >= 4 is 16.8 Å². The van der Waals surface area contributed by atoms with Crippen LogP contribution in [-0.2, 0) is 17.9 Å². The van der Waals surface area contributed by atoms with Crippen molar-refractivity contribution in [3.63, 3.8) is 0 Å². The molecule has 0 aliphatic heterocycles. The van der Waals surface area contributed by atoms with Gasteiger partial charge in [-0.25, -0.2) is 0 Å². The van der Waals surface area contributed by atoms with E-state index in [-0.39, 0.29) is 34.7 Å². The number of imidazole rings is 1. The molecule has 110 valence electrons. The van der Waals surface area contributed by atoms with E-state index in [2.05, 4.69) is 0 Å². The molecule has 1 aromatic carbocycles. The van der Waals surface area contributed by atoms with Crippen LogP contribution in [0.4, 0.5) is 0 Å². The summed E-state index contributed by atoms with van der Waals surface area (Å²) >= 11 is 0. The molecule has 0 radical (unpaired) electrons. The van der Waals surface area contributed by atoms with E-state index in [4.69, 9.17) is 5.41 Å². The number of rotatable bonds is 3. The van der Waals surface area contributed by atoms with Crippen LogP contribution in [0.2, 0.25) is 0 Å². The number of nitrogens with zero attached hydrogens (tertiary/aromatic N) is 2. The van der Waals surface area contributed by atoms with E-state index < -0.39 is 0 Å². The van der Waals surface area contributed by atoms with Crippen molar-refractivity contribution in [2.45, 2.75) is 40.8 Å². The second kappa shape index (κ2) is 5.95. The zero-order valence-corrected chi connectivity index (χ0v) is 14.0. The normalized spacial score (nSPS) is 11.4. The summed E-state index contributed by atoms with van der Waals surface area (Å²) in [5, 5.41) is 8.25. The van der Waals surface area contributed by atoms with Crippen molar-refractivity contribution in [1.29, 1.82) is 5.41 Å². The fraction of sp³-hybridized carbons (Fsp3) is 0.467. The zero-order valence-electron chi connectivity index (χ0n) is 12.4. The van der Waals surface area contributed by atoms with Crippen LogP contribution in [0.5, 0.6) is 0 Å². The molecule has 0 amide bonds. The smallest absolute Gasteiger partial charge is 0.203 e. The molecule has 0 aliphatic carbocycles. The Kier molecular flexibility index (Phi) is 4.97.